The van der Waals surface area contributed by atoms with E-state index in [1.54, 1.807) is 0 Å². The molecule has 20 heavy (non-hydrogen) atoms. The van der Waals surface area contributed by atoms with Gasteiger partial charge >= 0.3 is 0 Å². The van der Waals surface area contributed by atoms with Crippen molar-refractivity contribution in [2.24, 2.45) is 0 Å². The lowest BCUT2D eigenvalue weighted by Crippen LogP contribution is -2.26. The van der Waals surface area contributed by atoms with Crippen LogP contribution in [-0.4, -0.2) is 35.5 Å². The molecule has 112 valence electrons. The van der Waals surface area contributed by atoms with Gasteiger partial charge in [-0.25, -0.2) is 4.98 Å². The molecule has 0 aliphatic rings. The number of nitrogens with zero attached hydrogens (tertiary/aromatic N) is 2. The van der Waals surface area contributed by atoms with Crippen LogP contribution in [0.3, 0.4) is 0 Å². The van der Waals surface area contributed by atoms with Crippen LogP contribution >= 0.6 is 0 Å². The Labute approximate surface area is 120 Å². The van der Waals surface area contributed by atoms with Gasteiger partial charge in [-0.3, -0.25) is 4.79 Å². The maximum Gasteiger partial charge on any atom is 0.224 e. The van der Waals surface area contributed by atoms with Crippen LogP contribution in [0.15, 0.2) is 6.07 Å². The van der Waals surface area contributed by atoms with Gasteiger partial charge in [0, 0.05) is 37.8 Å². The van der Waals surface area contributed by atoms with E-state index in [2.05, 4.69) is 32.8 Å². The van der Waals surface area contributed by atoms with Crippen molar-refractivity contribution in [1.29, 1.82) is 0 Å². The SMILES string of the molecule is CCCNC(=O)CCNc1cc(C)nc(NCCC)n1. The maximum absolute atomic E-state index is 11.5. The first-order valence-electron chi connectivity index (χ1n) is 7.25. The Hall–Kier alpha value is -1.85. The van der Waals surface area contributed by atoms with Crippen LogP contribution in [-0.2, 0) is 4.79 Å². The van der Waals surface area contributed by atoms with E-state index >= 15 is 0 Å². The molecule has 0 atom stereocenters. The van der Waals surface area contributed by atoms with Crippen LogP contribution in [0, 0.1) is 6.92 Å². The molecule has 0 radical (unpaired) electrons. The van der Waals surface area contributed by atoms with E-state index < -0.39 is 0 Å². The van der Waals surface area contributed by atoms with Crippen LogP contribution in [0.4, 0.5) is 11.8 Å². The zero-order valence-corrected chi connectivity index (χ0v) is 12.6. The molecule has 3 N–H and O–H groups in total. The second-order valence-electron chi connectivity index (χ2n) is 4.67. The van der Waals surface area contributed by atoms with E-state index in [0.29, 0.717) is 18.9 Å². The summed E-state index contributed by atoms with van der Waals surface area (Å²) in [6, 6.07) is 1.88. The van der Waals surface area contributed by atoms with Gasteiger partial charge in [0.25, 0.3) is 0 Å². The second-order valence-corrected chi connectivity index (χ2v) is 4.67. The molecule has 1 aromatic heterocycles. The Balaban J connectivity index is 2.42. The fraction of sp³-hybridized carbons (Fsp3) is 0.643. The summed E-state index contributed by atoms with van der Waals surface area (Å²) in [7, 11) is 0. The third kappa shape index (κ3) is 6.36. The van der Waals surface area contributed by atoms with Gasteiger partial charge in [-0.15, -0.1) is 0 Å². The maximum atomic E-state index is 11.5. The highest BCUT2D eigenvalue weighted by molar-refractivity contribution is 5.76. The zero-order valence-electron chi connectivity index (χ0n) is 12.6. The van der Waals surface area contributed by atoms with E-state index in [1.807, 2.05) is 19.9 Å². The lowest BCUT2D eigenvalue weighted by molar-refractivity contribution is -0.120. The quantitative estimate of drug-likeness (QED) is 0.644. The van der Waals surface area contributed by atoms with Crippen molar-refractivity contribution in [1.82, 2.24) is 15.3 Å². The van der Waals surface area contributed by atoms with Crippen molar-refractivity contribution in [2.45, 2.75) is 40.0 Å². The summed E-state index contributed by atoms with van der Waals surface area (Å²) in [5, 5.41) is 9.16. The molecule has 6 heteroatoms. The number of hydrogen-bond donors (Lipinski definition) is 3. The van der Waals surface area contributed by atoms with E-state index in [9.17, 15) is 4.79 Å². The van der Waals surface area contributed by atoms with Crippen LogP contribution in [0.1, 0.15) is 38.8 Å². The molecule has 1 heterocycles. The van der Waals surface area contributed by atoms with Crippen molar-refractivity contribution < 1.29 is 4.79 Å². The summed E-state index contributed by atoms with van der Waals surface area (Å²) in [4.78, 5) is 20.1. The molecule has 6 nitrogen and oxygen atoms in total. The lowest BCUT2D eigenvalue weighted by atomic mass is 10.3. The van der Waals surface area contributed by atoms with Gasteiger partial charge in [0.1, 0.15) is 5.82 Å². The second kappa shape index (κ2) is 9.12. The predicted molar refractivity (Wildman–Crippen MR) is 82.0 cm³/mol. The van der Waals surface area contributed by atoms with Crippen molar-refractivity contribution in [3.8, 4) is 0 Å². The molecule has 0 saturated heterocycles. The minimum atomic E-state index is 0.0643. The molecule has 0 saturated carbocycles. The van der Waals surface area contributed by atoms with Gasteiger partial charge in [-0.2, -0.15) is 4.98 Å². The molecule has 1 aromatic rings. The molecule has 0 aliphatic heterocycles. The molecule has 0 aromatic carbocycles. The molecule has 0 fully saturated rings. The Bertz CT molecular complexity index is 422. The average Bonchev–Trinajstić information content (AvgIpc) is 2.42. The first-order valence-corrected chi connectivity index (χ1v) is 7.25. The largest absolute Gasteiger partial charge is 0.369 e. The van der Waals surface area contributed by atoms with Gasteiger partial charge in [-0.05, 0) is 19.8 Å². The minimum Gasteiger partial charge on any atom is -0.369 e. The number of anilines is 2. The molecular formula is C14H25N5O. The fourth-order valence-corrected chi connectivity index (χ4v) is 1.63. The van der Waals surface area contributed by atoms with Crippen molar-refractivity contribution in [3.63, 3.8) is 0 Å². The summed E-state index contributed by atoms with van der Waals surface area (Å²) in [5.41, 5.74) is 0.900. The molecule has 0 aliphatic carbocycles. The number of amides is 1. The van der Waals surface area contributed by atoms with Gasteiger partial charge in [0.15, 0.2) is 0 Å². The normalized spacial score (nSPS) is 10.2. The zero-order chi connectivity index (χ0) is 14.8. The summed E-state index contributed by atoms with van der Waals surface area (Å²) >= 11 is 0. The first kappa shape index (κ1) is 16.2. The number of carbonyl (C=O) groups excluding carboxylic acids is 1. The number of hydrogen-bond acceptors (Lipinski definition) is 5. The van der Waals surface area contributed by atoms with E-state index in [-0.39, 0.29) is 5.91 Å². The lowest BCUT2D eigenvalue weighted by Gasteiger charge is -2.09. The van der Waals surface area contributed by atoms with E-state index in [1.165, 1.54) is 0 Å². The number of aryl methyl sites for hydroxylation is 1. The van der Waals surface area contributed by atoms with Gasteiger partial charge in [-0.1, -0.05) is 13.8 Å². The third-order valence-electron chi connectivity index (χ3n) is 2.62. The van der Waals surface area contributed by atoms with E-state index in [0.717, 1.165) is 37.4 Å². The summed E-state index contributed by atoms with van der Waals surface area (Å²) in [5.74, 6) is 1.44. The summed E-state index contributed by atoms with van der Waals surface area (Å²) < 4.78 is 0. The smallest absolute Gasteiger partial charge is 0.224 e. The number of nitrogens with one attached hydrogen (secondary N) is 3. The molecule has 0 unspecified atom stereocenters. The molecule has 0 spiro atoms. The van der Waals surface area contributed by atoms with Crippen molar-refractivity contribution in [3.05, 3.63) is 11.8 Å². The minimum absolute atomic E-state index is 0.0643. The monoisotopic (exact) mass is 279 g/mol. The highest BCUT2D eigenvalue weighted by Crippen LogP contribution is 2.09. The highest BCUT2D eigenvalue weighted by atomic mass is 16.1. The number of carbonyl (C=O) groups is 1. The summed E-state index contributed by atoms with van der Waals surface area (Å²) in [6.07, 6.45) is 2.43. The standard InChI is InChI=1S/C14H25N5O/c1-4-7-16-13(20)6-9-15-12-10-11(3)18-14(19-12)17-8-5-2/h10H,4-9H2,1-3H3,(H,16,20)(H2,15,17,18,19). The molecule has 1 rings (SSSR count). The van der Waals surface area contributed by atoms with Crippen molar-refractivity contribution >= 4 is 17.7 Å². The van der Waals surface area contributed by atoms with Gasteiger partial charge in [0.05, 0.1) is 0 Å². The summed E-state index contributed by atoms with van der Waals surface area (Å²) in [6.45, 7) is 8.21. The predicted octanol–water partition coefficient (Wildman–Crippen LogP) is 1.94. The van der Waals surface area contributed by atoms with Crippen LogP contribution in [0.25, 0.3) is 0 Å². The van der Waals surface area contributed by atoms with Crippen LogP contribution < -0.4 is 16.0 Å². The average molecular weight is 279 g/mol. The topological polar surface area (TPSA) is 78.9 Å². The van der Waals surface area contributed by atoms with Gasteiger partial charge in [0.2, 0.25) is 11.9 Å². The van der Waals surface area contributed by atoms with Crippen molar-refractivity contribution in [2.75, 3.05) is 30.3 Å². The highest BCUT2D eigenvalue weighted by Gasteiger charge is 2.03. The number of aromatic nitrogens is 2. The molecule has 0 bridgehead atoms. The van der Waals surface area contributed by atoms with Crippen LogP contribution in [0.5, 0.6) is 0 Å². The third-order valence-corrected chi connectivity index (χ3v) is 2.62. The molecule has 1 amide bonds. The Kier molecular flexibility index (Phi) is 7.39. The van der Waals surface area contributed by atoms with E-state index in [4.69, 9.17) is 0 Å². The van der Waals surface area contributed by atoms with Gasteiger partial charge < -0.3 is 16.0 Å². The number of rotatable bonds is 9. The fourth-order valence-electron chi connectivity index (χ4n) is 1.63. The Morgan fingerprint density at radius 2 is 1.85 bits per heavy atom. The molecular weight excluding hydrogens is 254 g/mol. The Morgan fingerprint density at radius 1 is 1.10 bits per heavy atom. The first-order chi connectivity index (χ1) is 9.65. The Morgan fingerprint density at radius 3 is 2.55 bits per heavy atom. The van der Waals surface area contributed by atoms with Crippen LogP contribution in [0.2, 0.25) is 0 Å².